The number of rotatable bonds is 4. The van der Waals surface area contributed by atoms with E-state index in [0.717, 1.165) is 43.7 Å². The molecular formula is C15H23NO2. The number of para-hydroxylation sites is 1. The molecule has 0 saturated carbocycles. The molecule has 0 aromatic heterocycles. The molecule has 3 nitrogen and oxygen atoms in total. The lowest BCUT2D eigenvalue weighted by Crippen LogP contribution is -2.40. The minimum absolute atomic E-state index is 0.701. The minimum atomic E-state index is -0.725. The smallest absolute Gasteiger partial charge is 0.125 e. The van der Waals surface area contributed by atoms with Crippen LogP contribution in [0.15, 0.2) is 24.3 Å². The molecule has 1 heterocycles. The first-order valence-corrected chi connectivity index (χ1v) is 6.79. The highest BCUT2D eigenvalue weighted by Crippen LogP contribution is 2.37. The molecule has 18 heavy (non-hydrogen) atoms. The summed E-state index contributed by atoms with van der Waals surface area (Å²) in [5.41, 5.74) is 0.225. The van der Waals surface area contributed by atoms with E-state index in [0.29, 0.717) is 6.61 Å². The fourth-order valence-electron chi connectivity index (χ4n) is 2.45. The van der Waals surface area contributed by atoms with Gasteiger partial charge in [-0.05, 0) is 32.4 Å². The predicted molar refractivity (Wildman–Crippen MR) is 72.9 cm³/mol. The predicted octanol–water partition coefficient (Wildman–Crippen LogP) is 2.39. The van der Waals surface area contributed by atoms with Gasteiger partial charge in [-0.25, -0.2) is 0 Å². The highest BCUT2D eigenvalue weighted by atomic mass is 16.5. The Balaban J connectivity index is 2.20. The maximum Gasteiger partial charge on any atom is 0.125 e. The van der Waals surface area contributed by atoms with Crippen molar-refractivity contribution in [2.24, 2.45) is 0 Å². The van der Waals surface area contributed by atoms with Gasteiger partial charge in [0.05, 0.1) is 12.2 Å². The van der Waals surface area contributed by atoms with Crippen molar-refractivity contribution in [3.8, 4) is 5.75 Å². The first-order chi connectivity index (χ1) is 8.65. The second-order valence-electron chi connectivity index (χ2n) is 5.18. The van der Waals surface area contributed by atoms with Crippen LogP contribution < -0.4 is 4.74 Å². The van der Waals surface area contributed by atoms with Crippen LogP contribution in [0.5, 0.6) is 5.75 Å². The van der Waals surface area contributed by atoms with Crippen molar-refractivity contribution in [1.82, 2.24) is 4.90 Å². The second kappa shape index (κ2) is 5.72. The van der Waals surface area contributed by atoms with Gasteiger partial charge in [0.15, 0.2) is 0 Å². The third-order valence-corrected chi connectivity index (χ3v) is 3.66. The molecular weight excluding hydrogens is 226 g/mol. The summed E-state index contributed by atoms with van der Waals surface area (Å²) in [4.78, 5) is 2.25. The van der Waals surface area contributed by atoms with Crippen LogP contribution in [0.3, 0.4) is 0 Å². The van der Waals surface area contributed by atoms with Gasteiger partial charge in [0, 0.05) is 18.7 Å². The van der Waals surface area contributed by atoms with Gasteiger partial charge in [-0.3, -0.25) is 0 Å². The van der Waals surface area contributed by atoms with Crippen LogP contribution in [0.4, 0.5) is 0 Å². The number of aliphatic hydroxyl groups is 1. The Morgan fingerprint density at radius 1 is 1.28 bits per heavy atom. The molecule has 1 aliphatic heterocycles. The zero-order valence-corrected chi connectivity index (χ0v) is 11.4. The van der Waals surface area contributed by atoms with Gasteiger partial charge < -0.3 is 14.7 Å². The third-order valence-electron chi connectivity index (χ3n) is 3.66. The SMILES string of the molecule is CCCOc1ccccc1C1(O)CCN(C)CC1. The van der Waals surface area contributed by atoms with E-state index < -0.39 is 5.60 Å². The van der Waals surface area contributed by atoms with Crippen LogP contribution in [0, 0.1) is 0 Å². The van der Waals surface area contributed by atoms with Gasteiger partial charge in [-0.1, -0.05) is 25.1 Å². The Morgan fingerprint density at radius 2 is 1.94 bits per heavy atom. The van der Waals surface area contributed by atoms with Crippen molar-refractivity contribution >= 4 is 0 Å². The zero-order valence-electron chi connectivity index (χ0n) is 11.4. The van der Waals surface area contributed by atoms with E-state index in [1.54, 1.807) is 0 Å². The fraction of sp³-hybridized carbons (Fsp3) is 0.600. The van der Waals surface area contributed by atoms with Crippen molar-refractivity contribution < 1.29 is 9.84 Å². The average molecular weight is 249 g/mol. The summed E-state index contributed by atoms with van der Waals surface area (Å²) >= 11 is 0. The zero-order chi connectivity index (χ0) is 13.0. The van der Waals surface area contributed by atoms with Crippen molar-refractivity contribution in [3.05, 3.63) is 29.8 Å². The van der Waals surface area contributed by atoms with E-state index in [1.807, 2.05) is 24.3 Å². The Bertz CT molecular complexity index is 384. The summed E-state index contributed by atoms with van der Waals surface area (Å²) < 4.78 is 5.76. The van der Waals surface area contributed by atoms with Gasteiger partial charge in [0.2, 0.25) is 0 Å². The first kappa shape index (κ1) is 13.4. The molecule has 0 radical (unpaired) electrons. The molecule has 1 aromatic rings. The summed E-state index contributed by atoms with van der Waals surface area (Å²) in [7, 11) is 2.10. The summed E-state index contributed by atoms with van der Waals surface area (Å²) in [6, 6.07) is 7.90. The van der Waals surface area contributed by atoms with Crippen molar-refractivity contribution in [2.75, 3.05) is 26.7 Å². The van der Waals surface area contributed by atoms with Gasteiger partial charge >= 0.3 is 0 Å². The molecule has 100 valence electrons. The molecule has 1 aliphatic rings. The van der Waals surface area contributed by atoms with Gasteiger partial charge in [0.25, 0.3) is 0 Å². The lowest BCUT2D eigenvalue weighted by Gasteiger charge is -2.37. The maximum atomic E-state index is 10.8. The average Bonchev–Trinajstić information content (AvgIpc) is 2.40. The van der Waals surface area contributed by atoms with Crippen LogP contribution in [-0.2, 0) is 5.60 Å². The number of hydrogen-bond acceptors (Lipinski definition) is 3. The van der Waals surface area contributed by atoms with Crippen LogP contribution in [-0.4, -0.2) is 36.8 Å². The Kier molecular flexibility index (Phi) is 4.25. The van der Waals surface area contributed by atoms with Crippen LogP contribution in [0.25, 0.3) is 0 Å². The molecule has 1 saturated heterocycles. The molecule has 0 unspecified atom stereocenters. The van der Waals surface area contributed by atoms with Crippen molar-refractivity contribution in [2.45, 2.75) is 31.8 Å². The Morgan fingerprint density at radius 3 is 2.61 bits per heavy atom. The molecule has 0 amide bonds. The molecule has 0 spiro atoms. The number of ether oxygens (including phenoxy) is 1. The molecule has 1 fully saturated rings. The van der Waals surface area contributed by atoms with Gasteiger partial charge in [0.1, 0.15) is 5.75 Å². The number of piperidine rings is 1. The summed E-state index contributed by atoms with van der Waals surface area (Å²) in [6.45, 7) is 4.65. The Labute approximate surface area is 109 Å². The Hall–Kier alpha value is -1.06. The van der Waals surface area contributed by atoms with E-state index in [4.69, 9.17) is 4.74 Å². The largest absolute Gasteiger partial charge is 0.493 e. The first-order valence-electron chi connectivity index (χ1n) is 6.79. The highest BCUT2D eigenvalue weighted by Gasteiger charge is 2.35. The van der Waals surface area contributed by atoms with Gasteiger partial charge in [-0.15, -0.1) is 0 Å². The number of nitrogens with zero attached hydrogens (tertiary/aromatic N) is 1. The highest BCUT2D eigenvalue weighted by molar-refractivity contribution is 5.38. The van der Waals surface area contributed by atoms with E-state index in [-0.39, 0.29) is 0 Å². The molecule has 3 heteroatoms. The summed E-state index contributed by atoms with van der Waals surface area (Å²) in [6.07, 6.45) is 2.53. The monoisotopic (exact) mass is 249 g/mol. The summed E-state index contributed by atoms with van der Waals surface area (Å²) in [5, 5.41) is 10.8. The molecule has 1 aromatic carbocycles. The van der Waals surface area contributed by atoms with E-state index in [9.17, 15) is 5.11 Å². The van der Waals surface area contributed by atoms with Crippen molar-refractivity contribution in [1.29, 1.82) is 0 Å². The molecule has 0 atom stereocenters. The van der Waals surface area contributed by atoms with Crippen LogP contribution in [0.1, 0.15) is 31.7 Å². The lowest BCUT2D eigenvalue weighted by atomic mass is 9.84. The van der Waals surface area contributed by atoms with Crippen LogP contribution >= 0.6 is 0 Å². The third kappa shape index (κ3) is 2.85. The number of benzene rings is 1. The maximum absolute atomic E-state index is 10.8. The molecule has 0 aliphatic carbocycles. The van der Waals surface area contributed by atoms with E-state index >= 15 is 0 Å². The van der Waals surface area contributed by atoms with E-state index in [2.05, 4.69) is 18.9 Å². The van der Waals surface area contributed by atoms with E-state index in [1.165, 1.54) is 0 Å². The standard InChI is InChI=1S/C15H23NO2/c1-3-12-18-14-7-5-4-6-13(14)15(17)8-10-16(2)11-9-15/h4-7,17H,3,8-12H2,1-2H3. The lowest BCUT2D eigenvalue weighted by molar-refractivity contribution is -0.0223. The van der Waals surface area contributed by atoms with Crippen molar-refractivity contribution in [3.63, 3.8) is 0 Å². The quantitative estimate of drug-likeness (QED) is 0.889. The second-order valence-corrected chi connectivity index (χ2v) is 5.18. The molecule has 0 bridgehead atoms. The fourth-order valence-corrected chi connectivity index (χ4v) is 2.45. The molecule has 2 rings (SSSR count). The summed E-state index contributed by atoms with van der Waals surface area (Å²) in [5.74, 6) is 0.839. The minimum Gasteiger partial charge on any atom is -0.493 e. The molecule has 1 N–H and O–H groups in total. The number of hydrogen-bond donors (Lipinski definition) is 1. The normalized spacial score (nSPS) is 19.7. The number of likely N-dealkylation sites (tertiary alicyclic amines) is 1. The van der Waals surface area contributed by atoms with Gasteiger partial charge in [-0.2, -0.15) is 0 Å². The van der Waals surface area contributed by atoms with Crippen LogP contribution in [0.2, 0.25) is 0 Å². The topological polar surface area (TPSA) is 32.7 Å².